The number of halogens is 1. The predicted octanol–water partition coefficient (Wildman–Crippen LogP) is 22.8. The second-order valence-electron chi connectivity index (χ2n) is 29.5. The third-order valence-corrected chi connectivity index (χ3v) is 32.6. The number of hydrogen-bond donors (Lipinski definition) is 5. The van der Waals surface area contributed by atoms with Crippen molar-refractivity contribution >= 4 is 82.6 Å². The van der Waals surface area contributed by atoms with Gasteiger partial charge in [0.25, 0.3) is 0 Å². The lowest BCUT2D eigenvalue weighted by atomic mass is 9.90. The molecule has 0 radical (unpaired) electrons. The van der Waals surface area contributed by atoms with E-state index in [0.29, 0.717) is 46.2 Å². The largest absolute Gasteiger partial charge is 0.508 e. The zero-order chi connectivity index (χ0) is 74.1. The molecule has 6 N–H and O–H groups in total. The van der Waals surface area contributed by atoms with E-state index < -0.39 is 36.2 Å². The smallest absolute Gasteiger partial charge is 0.412 e. The fraction of sp³-hybridized carbons (Fsp3) is 0.487. The Morgan fingerprint density at radius 1 is 0.485 bits per heavy atom. The fourth-order valence-electron chi connectivity index (χ4n) is 8.44. The molecule has 0 saturated carbocycles. The van der Waals surface area contributed by atoms with Gasteiger partial charge < -0.3 is 54.5 Å². The van der Waals surface area contributed by atoms with E-state index in [1.54, 1.807) is 72.4 Å². The predicted molar refractivity (Wildman–Crippen MR) is 427 cm³/mol. The highest BCUT2D eigenvalue weighted by Gasteiger charge is 2.38. The quantitative estimate of drug-likeness (QED) is 0.0149. The number of carbonyl (C=O) groups is 3. The van der Waals surface area contributed by atoms with E-state index in [0.717, 1.165) is 82.4 Å². The van der Waals surface area contributed by atoms with Crippen molar-refractivity contribution < 1.29 is 47.7 Å². The number of anilines is 2. The molecule has 0 atom stereocenters. The Labute approximate surface area is 609 Å². The van der Waals surface area contributed by atoms with Gasteiger partial charge in [0.2, 0.25) is 0 Å². The van der Waals surface area contributed by atoms with Gasteiger partial charge in [-0.05, 0) is 171 Å². The number of amides is 2. The number of nitrogens with zero attached hydrogens (tertiary/aromatic N) is 1. The average molecular weight is 1450 g/mol. The normalized spacial score (nSPS) is 11.8. The van der Waals surface area contributed by atoms with Crippen LogP contribution in [0.25, 0.3) is 5.57 Å². The number of carbonyl (C=O) groups excluding carboxylic acids is 3. The minimum atomic E-state index is -1.61. The zero-order valence-electron chi connectivity index (χ0n) is 63.3. The van der Waals surface area contributed by atoms with Gasteiger partial charge in [0.05, 0.1) is 0 Å². The maximum atomic E-state index is 11.6. The Morgan fingerprint density at radius 3 is 1.18 bits per heavy atom. The van der Waals surface area contributed by atoms with E-state index in [1.165, 1.54) is 52.2 Å². The number of para-hydroxylation sites is 5. The first kappa shape index (κ1) is 88.9. The molecule has 0 spiro atoms. The van der Waals surface area contributed by atoms with Gasteiger partial charge >= 0.3 is 17.6 Å². The van der Waals surface area contributed by atoms with Crippen molar-refractivity contribution in [1.82, 2.24) is 10.6 Å². The number of aliphatic hydroxyl groups excluding tert-OH is 1. The molecule has 2 amide bonds. The summed E-state index contributed by atoms with van der Waals surface area (Å²) in [6, 6.07) is 51.2. The number of nitrogens with two attached hydrogens (primary N) is 1. The minimum Gasteiger partial charge on any atom is -0.508 e. The summed E-state index contributed by atoms with van der Waals surface area (Å²) in [6.45, 7) is 43.3. The van der Waals surface area contributed by atoms with Gasteiger partial charge in [-0.15, -0.1) is 0 Å². The van der Waals surface area contributed by atoms with Gasteiger partial charge in [0.15, 0.2) is 16.6 Å². The van der Waals surface area contributed by atoms with Crippen LogP contribution in [0.5, 0.6) is 23.0 Å². The molecule has 14 nitrogen and oxygen atoms in total. The lowest BCUT2D eigenvalue weighted by Gasteiger charge is -2.36. The van der Waals surface area contributed by atoms with Crippen LogP contribution in [0.15, 0.2) is 174 Å². The molecule has 6 aromatic carbocycles. The Morgan fingerprint density at radius 2 is 0.828 bits per heavy atom. The second kappa shape index (κ2) is 46.3. The number of fused-ring (bicyclic) bond motifs is 2. The minimum absolute atomic E-state index is 0.240. The summed E-state index contributed by atoms with van der Waals surface area (Å²) in [4.78, 5) is 37.7. The van der Waals surface area contributed by atoms with Gasteiger partial charge in [-0.2, -0.15) is 0 Å². The first-order valence-electron chi connectivity index (χ1n) is 35.2. The van der Waals surface area contributed by atoms with E-state index in [9.17, 15) is 19.5 Å². The topological polar surface area (TPSA) is 191 Å². The molecular formula is C80H123ClN4O10SSi3. The highest BCUT2D eigenvalue weighted by molar-refractivity contribution is 8.03. The van der Waals surface area contributed by atoms with Crippen LogP contribution in [-0.2, 0) is 8.85 Å². The molecule has 0 aromatic heterocycles. The van der Waals surface area contributed by atoms with Crippen LogP contribution >= 0.6 is 23.4 Å². The lowest BCUT2D eigenvalue weighted by molar-refractivity contribution is 0.199. The maximum absolute atomic E-state index is 11.6. The number of ether oxygens (including phenoxy) is 3. The molecular weight excluding hydrogens is 1330 g/mol. The molecule has 6 aromatic rings. The Hall–Kier alpha value is -6.20. The number of benzene rings is 6. The van der Waals surface area contributed by atoms with Gasteiger partial charge in [0, 0.05) is 92.6 Å². The summed E-state index contributed by atoms with van der Waals surface area (Å²) in [7, 11) is -1.84. The summed E-state index contributed by atoms with van der Waals surface area (Å²) in [5.41, 5.74) is 10.9. The summed E-state index contributed by atoms with van der Waals surface area (Å²) >= 11 is 6.69. The average Bonchev–Trinajstić information content (AvgIpc) is 0.754. The number of rotatable bonds is 26. The summed E-state index contributed by atoms with van der Waals surface area (Å²) in [6.07, 6.45) is 12.0. The molecule has 99 heavy (non-hydrogen) atoms. The first-order valence-corrected chi connectivity index (χ1v) is 45.7. The van der Waals surface area contributed by atoms with Crippen LogP contribution in [0.1, 0.15) is 157 Å². The van der Waals surface area contributed by atoms with E-state index in [1.807, 2.05) is 54.6 Å². The van der Waals surface area contributed by atoms with Crippen LogP contribution < -0.4 is 35.5 Å². The molecule has 0 bridgehead atoms. The molecule has 0 saturated heterocycles. The molecule has 7 rings (SSSR count). The number of allylic oxidation sites excluding steroid dienone is 1. The number of aromatic hydroxyl groups is 1. The van der Waals surface area contributed by atoms with Crippen LogP contribution in [0, 0.1) is 0 Å². The van der Waals surface area contributed by atoms with Crippen LogP contribution in [0.4, 0.5) is 25.8 Å². The van der Waals surface area contributed by atoms with E-state index >= 15 is 0 Å². The molecule has 0 fully saturated rings. The number of aliphatic hydroxyl groups is 1. The highest BCUT2D eigenvalue weighted by Crippen LogP contribution is 2.48. The number of phenolic OH excluding ortho intramolecular Hbond substituents is 1. The summed E-state index contributed by atoms with van der Waals surface area (Å²) in [5.74, 6) is 1.87. The standard InChI is InChI=1S/C22H19NOS.C19H33NO3Si.C13H19NO3.C12H29NOSi.C7H5ClO2.C7H18Si/c1-15(25-17-13-11-16(24)12-14-17)22-18-7-3-5-9-20(18)23(2)21-10-6-4-8-19(21)22;1-19(2,3)24(4,5)22-16-12-7-6-11-15-20-18(21)23-17-13-9-8-10-14-17;15-11-7-2-1-6-10-14-13(16)17-12-8-4-3-5-9-12;1-12(2,3)15(4,5)14-11-9-7-6-8-10-13;8-7(9)10-6-4-2-1-3-5-6;1-7(2,3)8(4,5)6/h3-14,24H,1-2H3;8-10,13-14H,6-7,11-12,15-16H2,1-5H3,(H,20,21);3-5,8-9,15H,1-2,6-7,10-11H2,(H,14,16);6-11,13H2,1-5H3;1-5H;1-6H3. The van der Waals surface area contributed by atoms with Crippen molar-refractivity contribution in [3.63, 3.8) is 0 Å². The van der Waals surface area contributed by atoms with Crippen molar-refractivity contribution in [2.75, 3.05) is 51.4 Å². The molecule has 0 unspecified atom stereocenters. The Kier molecular flexibility index (Phi) is 41.6. The molecule has 0 aliphatic carbocycles. The van der Waals surface area contributed by atoms with Crippen LogP contribution in [0.3, 0.4) is 0 Å². The highest BCUT2D eigenvalue weighted by atomic mass is 35.5. The summed E-state index contributed by atoms with van der Waals surface area (Å²) < 4.78 is 27.0. The molecule has 548 valence electrons. The zero-order valence-corrected chi connectivity index (χ0v) is 67.9. The number of hydrogen-bond acceptors (Lipinski definition) is 13. The summed E-state index contributed by atoms with van der Waals surface area (Å²) in [5, 5.41) is 24.7. The van der Waals surface area contributed by atoms with E-state index in [2.05, 4.69) is 191 Å². The van der Waals surface area contributed by atoms with Crippen molar-refractivity contribution in [2.24, 2.45) is 5.73 Å². The maximum Gasteiger partial charge on any atom is 0.412 e. The Balaban J connectivity index is 0.000000421. The van der Waals surface area contributed by atoms with Gasteiger partial charge in [-0.3, -0.25) is 0 Å². The lowest BCUT2D eigenvalue weighted by Crippen LogP contribution is -2.40. The molecule has 19 heteroatoms. The van der Waals surface area contributed by atoms with E-state index in [-0.39, 0.29) is 17.7 Å². The van der Waals surface area contributed by atoms with Gasteiger partial charge in [0.1, 0.15) is 23.0 Å². The van der Waals surface area contributed by atoms with Gasteiger partial charge in [-0.1, -0.05) is 223 Å². The van der Waals surface area contributed by atoms with Crippen LogP contribution in [-0.4, -0.2) is 99.0 Å². The van der Waals surface area contributed by atoms with Crippen molar-refractivity contribution in [2.45, 2.75) is 212 Å². The molecule has 1 aliphatic rings. The number of phenols is 1. The third-order valence-electron chi connectivity index (χ3n) is 18.0. The monoisotopic (exact) mass is 1450 g/mol. The number of nitrogens with one attached hydrogen (secondary N) is 2. The third kappa shape index (κ3) is 36.8. The molecule has 1 heterocycles. The second-order valence-corrected chi connectivity index (χ2v) is 46.7. The van der Waals surface area contributed by atoms with Crippen molar-refractivity contribution in [1.29, 1.82) is 0 Å². The van der Waals surface area contributed by atoms with Crippen molar-refractivity contribution in [3.05, 3.63) is 180 Å². The van der Waals surface area contributed by atoms with Crippen LogP contribution in [0.2, 0.25) is 60.9 Å². The SMILES string of the molecule is CC(C)(C)[Si](C)(C)C.CC(C)(C)[Si](C)(C)OCCCCCCN.CC(C)(C)[Si](C)(C)OCCCCCCNC(=O)Oc1ccccc1.CC(Sc1ccc(O)cc1)=C1c2ccccc2N(C)c2ccccc21.O=C(Cl)Oc1ccccc1.O=C(NCCCCCCO)Oc1ccccc1. The molecule has 1 aliphatic heterocycles. The number of thioether (sulfide) groups is 1. The van der Waals surface area contributed by atoms with E-state index in [4.69, 9.17) is 40.8 Å². The fourth-order valence-corrected chi connectivity index (χ4v) is 11.6. The Bertz CT molecular complexity index is 3170. The first-order chi connectivity index (χ1) is 46.5. The van der Waals surface area contributed by atoms with Gasteiger partial charge in [-0.25, -0.2) is 14.4 Å². The number of unbranched alkanes of at least 4 members (excludes halogenated alkanes) is 9. The van der Waals surface area contributed by atoms with Crippen molar-refractivity contribution in [3.8, 4) is 23.0 Å².